The van der Waals surface area contributed by atoms with Crippen LogP contribution in [0.5, 0.6) is 0 Å². The first-order valence-corrected chi connectivity index (χ1v) is 13.3. The van der Waals surface area contributed by atoms with Crippen LogP contribution in [0.3, 0.4) is 0 Å². The average Bonchev–Trinajstić information content (AvgIpc) is 2.89. The summed E-state index contributed by atoms with van der Waals surface area (Å²) >= 11 is 0. The third-order valence-electron chi connectivity index (χ3n) is 7.43. The van der Waals surface area contributed by atoms with Crippen LogP contribution in [0.15, 0.2) is 97.1 Å². The fourth-order valence-corrected chi connectivity index (χ4v) is 5.43. The van der Waals surface area contributed by atoms with Gasteiger partial charge in [0.15, 0.2) is 0 Å². The average molecular weight is 477 g/mol. The monoisotopic (exact) mass is 476 g/mol. The fourth-order valence-electron chi connectivity index (χ4n) is 5.43. The fraction of sp³-hybridized carbons (Fsp3) is 0.294. The molecule has 0 aliphatic heterocycles. The third kappa shape index (κ3) is 6.37. The molecule has 2 nitrogen and oxygen atoms in total. The number of anilines is 2. The van der Waals surface area contributed by atoms with Crippen LogP contribution in [0.2, 0.25) is 0 Å². The van der Waals surface area contributed by atoms with Gasteiger partial charge in [0.05, 0.1) is 0 Å². The van der Waals surface area contributed by atoms with E-state index in [1.54, 1.807) is 0 Å². The molecule has 0 heterocycles. The predicted octanol–water partition coefficient (Wildman–Crippen LogP) is 8.36. The Morgan fingerprint density at radius 1 is 0.472 bits per heavy atom. The molecule has 4 N–H and O–H groups in total. The molecule has 0 saturated carbocycles. The van der Waals surface area contributed by atoms with E-state index in [-0.39, 0.29) is 0 Å². The molecule has 2 atom stereocenters. The summed E-state index contributed by atoms with van der Waals surface area (Å²) in [6.45, 7) is 6.86. The van der Waals surface area contributed by atoms with Gasteiger partial charge >= 0.3 is 0 Å². The van der Waals surface area contributed by atoms with Crippen molar-refractivity contribution in [2.45, 2.75) is 58.3 Å². The maximum atomic E-state index is 5.88. The van der Waals surface area contributed by atoms with E-state index in [2.05, 4.69) is 93.6 Å². The minimum atomic E-state index is 0.413. The standard InChI is InChI=1S/C34H40N2/c1-4-33(29-14-18-31(35)19-15-29)27-10-6-25(7-11-27)22-24(3)23-26-8-12-28(13-9-26)34(5-2)30-16-20-32(36)21-17-30/h6-21,24,33-34H,4-5,22-23,35-36H2,1-3H3. The van der Waals surface area contributed by atoms with Gasteiger partial charge in [-0.15, -0.1) is 0 Å². The lowest BCUT2D eigenvalue weighted by Gasteiger charge is -2.18. The predicted molar refractivity (Wildman–Crippen MR) is 155 cm³/mol. The highest BCUT2D eigenvalue weighted by molar-refractivity contribution is 5.44. The molecule has 2 unspecified atom stereocenters. The van der Waals surface area contributed by atoms with Gasteiger partial charge < -0.3 is 11.5 Å². The van der Waals surface area contributed by atoms with Crippen LogP contribution in [-0.4, -0.2) is 0 Å². The smallest absolute Gasteiger partial charge is 0.0314 e. The second kappa shape index (κ2) is 11.9. The molecule has 186 valence electrons. The molecule has 2 heteroatoms. The highest BCUT2D eigenvalue weighted by Gasteiger charge is 2.14. The summed E-state index contributed by atoms with van der Waals surface area (Å²) in [4.78, 5) is 0. The van der Waals surface area contributed by atoms with Crippen molar-refractivity contribution in [3.8, 4) is 0 Å². The van der Waals surface area contributed by atoms with Gasteiger partial charge in [0.1, 0.15) is 0 Å². The first-order chi connectivity index (χ1) is 17.5. The van der Waals surface area contributed by atoms with Gasteiger partial charge in [0.25, 0.3) is 0 Å². The van der Waals surface area contributed by atoms with E-state index in [1.165, 1.54) is 33.4 Å². The quantitative estimate of drug-likeness (QED) is 0.226. The van der Waals surface area contributed by atoms with Crippen LogP contribution in [0.25, 0.3) is 0 Å². The molecule has 4 aromatic carbocycles. The highest BCUT2D eigenvalue weighted by Crippen LogP contribution is 2.30. The molecular weight excluding hydrogens is 436 g/mol. The molecule has 0 radical (unpaired) electrons. The van der Waals surface area contributed by atoms with Crippen molar-refractivity contribution in [3.05, 3.63) is 130 Å². The Morgan fingerprint density at radius 3 is 1.03 bits per heavy atom. The lowest BCUT2D eigenvalue weighted by atomic mass is 9.86. The van der Waals surface area contributed by atoms with Crippen LogP contribution >= 0.6 is 0 Å². The number of hydrogen-bond donors (Lipinski definition) is 2. The molecular formula is C34H40N2. The summed E-state index contributed by atoms with van der Waals surface area (Å²) in [5, 5.41) is 0. The van der Waals surface area contributed by atoms with E-state index in [0.717, 1.165) is 37.1 Å². The van der Waals surface area contributed by atoms with E-state index in [1.807, 2.05) is 24.3 Å². The maximum Gasteiger partial charge on any atom is 0.0314 e. The summed E-state index contributed by atoms with van der Waals surface area (Å²) in [7, 11) is 0. The third-order valence-corrected chi connectivity index (χ3v) is 7.43. The van der Waals surface area contributed by atoms with Gasteiger partial charge in [-0.2, -0.15) is 0 Å². The molecule has 0 aliphatic rings. The van der Waals surface area contributed by atoms with Crippen LogP contribution in [-0.2, 0) is 12.8 Å². The zero-order chi connectivity index (χ0) is 25.5. The van der Waals surface area contributed by atoms with E-state index in [4.69, 9.17) is 11.5 Å². The molecule has 4 rings (SSSR count). The number of rotatable bonds is 10. The van der Waals surface area contributed by atoms with Gasteiger partial charge in [0.2, 0.25) is 0 Å². The van der Waals surface area contributed by atoms with Crippen molar-refractivity contribution in [2.24, 2.45) is 5.92 Å². The minimum absolute atomic E-state index is 0.413. The van der Waals surface area contributed by atoms with Gasteiger partial charge in [-0.25, -0.2) is 0 Å². The minimum Gasteiger partial charge on any atom is -0.399 e. The van der Waals surface area contributed by atoms with Crippen LogP contribution < -0.4 is 11.5 Å². The van der Waals surface area contributed by atoms with Crippen molar-refractivity contribution in [1.29, 1.82) is 0 Å². The molecule has 0 saturated heterocycles. The Hall–Kier alpha value is -3.52. The lowest BCUT2D eigenvalue weighted by molar-refractivity contribution is 0.577. The molecule has 0 amide bonds. The largest absolute Gasteiger partial charge is 0.399 e. The molecule has 0 bridgehead atoms. The Balaban J connectivity index is 1.37. The van der Waals surface area contributed by atoms with Crippen molar-refractivity contribution in [1.82, 2.24) is 0 Å². The van der Waals surface area contributed by atoms with E-state index in [9.17, 15) is 0 Å². The van der Waals surface area contributed by atoms with Crippen molar-refractivity contribution >= 4 is 11.4 Å². The second-order valence-corrected chi connectivity index (χ2v) is 10.3. The van der Waals surface area contributed by atoms with Gasteiger partial charge in [-0.05, 0) is 89.2 Å². The topological polar surface area (TPSA) is 52.0 Å². The second-order valence-electron chi connectivity index (χ2n) is 10.3. The van der Waals surface area contributed by atoms with Gasteiger partial charge in [0, 0.05) is 23.2 Å². The van der Waals surface area contributed by atoms with E-state index < -0.39 is 0 Å². The van der Waals surface area contributed by atoms with Crippen molar-refractivity contribution < 1.29 is 0 Å². The summed E-state index contributed by atoms with van der Waals surface area (Å²) in [5.41, 5.74) is 21.6. The molecule has 0 fully saturated rings. The summed E-state index contributed by atoms with van der Waals surface area (Å²) in [5.74, 6) is 1.41. The molecule has 36 heavy (non-hydrogen) atoms. The number of nitrogens with two attached hydrogens (primary N) is 2. The summed E-state index contributed by atoms with van der Waals surface area (Å²) in [6, 6.07) is 35.1. The Labute approximate surface area is 217 Å². The van der Waals surface area contributed by atoms with Crippen molar-refractivity contribution in [3.63, 3.8) is 0 Å². The first kappa shape index (κ1) is 25.6. The Kier molecular flexibility index (Phi) is 8.48. The highest BCUT2D eigenvalue weighted by atomic mass is 14.5. The first-order valence-electron chi connectivity index (χ1n) is 13.3. The molecule has 0 aliphatic carbocycles. The van der Waals surface area contributed by atoms with Crippen LogP contribution in [0.1, 0.15) is 78.8 Å². The van der Waals surface area contributed by atoms with E-state index >= 15 is 0 Å². The Morgan fingerprint density at radius 2 is 0.750 bits per heavy atom. The molecule has 0 aromatic heterocycles. The lowest BCUT2D eigenvalue weighted by Crippen LogP contribution is -2.06. The Bertz CT molecular complexity index is 1110. The van der Waals surface area contributed by atoms with Gasteiger partial charge in [-0.3, -0.25) is 0 Å². The van der Waals surface area contributed by atoms with Crippen LogP contribution in [0, 0.1) is 5.92 Å². The zero-order valence-corrected chi connectivity index (χ0v) is 22.0. The summed E-state index contributed by atoms with van der Waals surface area (Å²) < 4.78 is 0. The van der Waals surface area contributed by atoms with Crippen molar-refractivity contribution in [2.75, 3.05) is 11.5 Å². The zero-order valence-electron chi connectivity index (χ0n) is 22.0. The normalized spacial score (nSPS) is 13.8. The molecule has 0 spiro atoms. The number of hydrogen-bond acceptors (Lipinski definition) is 2. The van der Waals surface area contributed by atoms with E-state index in [0.29, 0.717) is 17.8 Å². The number of benzene rings is 4. The maximum absolute atomic E-state index is 5.88. The van der Waals surface area contributed by atoms with Gasteiger partial charge in [-0.1, -0.05) is 93.6 Å². The summed E-state index contributed by atoms with van der Waals surface area (Å²) in [6.07, 6.45) is 4.33. The number of nitrogen functional groups attached to an aromatic ring is 2. The SMILES string of the molecule is CCC(c1ccc(N)cc1)c1ccc(CC(C)Cc2ccc(C(CC)c3ccc(N)cc3)cc2)cc1. The van der Waals surface area contributed by atoms with Crippen LogP contribution in [0.4, 0.5) is 11.4 Å². The molecule has 4 aromatic rings.